The molecule has 3 aromatic rings. The van der Waals surface area contributed by atoms with E-state index in [1.54, 1.807) is 43.5 Å². The highest BCUT2D eigenvalue weighted by molar-refractivity contribution is 9.10. The fraction of sp³-hybridized carbons (Fsp3) is 0.160. The molecule has 3 rings (SSSR count). The number of rotatable bonds is 7. The molecule has 176 valence electrons. The first-order chi connectivity index (χ1) is 16.3. The van der Waals surface area contributed by atoms with Crippen molar-refractivity contribution in [1.29, 1.82) is 0 Å². The van der Waals surface area contributed by atoms with Gasteiger partial charge in [-0.1, -0.05) is 27.5 Å². The standard InChI is InChI=1S/C25H23BrClN3O4/c1-15-10-21(11-16(2)23(15)27)34-14-18-12-17(4-9-22(18)33-3)13-28-30-25(32)24(31)29-20-7-5-19(26)6-8-20/h4-13H,14H2,1-3H3,(H,29,31)(H,30,32). The third-order valence-electron chi connectivity index (χ3n) is 4.80. The van der Waals surface area contributed by atoms with Crippen molar-refractivity contribution in [2.24, 2.45) is 5.10 Å². The summed E-state index contributed by atoms with van der Waals surface area (Å²) in [4.78, 5) is 24.0. The van der Waals surface area contributed by atoms with Crippen molar-refractivity contribution < 1.29 is 19.1 Å². The number of ether oxygens (including phenoxy) is 2. The highest BCUT2D eigenvalue weighted by atomic mass is 79.9. The Balaban J connectivity index is 1.62. The molecule has 7 nitrogen and oxygen atoms in total. The Kier molecular flexibility index (Phi) is 8.67. The molecule has 0 aliphatic carbocycles. The SMILES string of the molecule is COc1ccc(C=NNC(=O)C(=O)Nc2ccc(Br)cc2)cc1COc1cc(C)c(Cl)c(C)c1. The van der Waals surface area contributed by atoms with Crippen molar-refractivity contribution in [3.05, 3.63) is 86.3 Å². The number of aryl methyl sites for hydroxylation is 2. The average molecular weight is 545 g/mol. The first-order valence-electron chi connectivity index (χ1n) is 10.2. The number of carbonyl (C=O) groups excluding carboxylic acids is 2. The van der Waals surface area contributed by atoms with Crippen LogP contribution in [0.5, 0.6) is 11.5 Å². The van der Waals surface area contributed by atoms with Gasteiger partial charge in [-0.3, -0.25) is 9.59 Å². The molecule has 0 unspecified atom stereocenters. The monoisotopic (exact) mass is 543 g/mol. The van der Waals surface area contributed by atoms with Gasteiger partial charge in [0.2, 0.25) is 0 Å². The molecule has 9 heteroatoms. The van der Waals surface area contributed by atoms with E-state index in [1.165, 1.54) is 6.21 Å². The zero-order valence-electron chi connectivity index (χ0n) is 18.8. The fourth-order valence-electron chi connectivity index (χ4n) is 3.08. The van der Waals surface area contributed by atoms with Crippen molar-refractivity contribution >= 4 is 51.2 Å². The van der Waals surface area contributed by atoms with E-state index in [4.69, 9.17) is 21.1 Å². The molecule has 2 N–H and O–H groups in total. The number of amides is 2. The van der Waals surface area contributed by atoms with Crippen LogP contribution in [0.4, 0.5) is 5.69 Å². The van der Waals surface area contributed by atoms with Crippen LogP contribution in [0.2, 0.25) is 5.02 Å². The molecule has 0 bridgehead atoms. The van der Waals surface area contributed by atoms with Gasteiger partial charge < -0.3 is 14.8 Å². The maximum atomic E-state index is 12.0. The normalized spacial score (nSPS) is 10.7. The number of hydrogen-bond donors (Lipinski definition) is 2. The maximum Gasteiger partial charge on any atom is 0.329 e. The van der Waals surface area contributed by atoms with E-state index >= 15 is 0 Å². The second-order valence-corrected chi connectivity index (χ2v) is 8.68. The van der Waals surface area contributed by atoms with Crippen LogP contribution in [-0.4, -0.2) is 25.1 Å². The third-order valence-corrected chi connectivity index (χ3v) is 5.92. The Bertz CT molecular complexity index is 1210. The summed E-state index contributed by atoms with van der Waals surface area (Å²) in [5.74, 6) is -0.358. The molecule has 0 radical (unpaired) electrons. The number of carbonyl (C=O) groups is 2. The van der Waals surface area contributed by atoms with E-state index in [9.17, 15) is 9.59 Å². The van der Waals surface area contributed by atoms with Crippen LogP contribution < -0.4 is 20.2 Å². The van der Waals surface area contributed by atoms with Crippen LogP contribution in [0.1, 0.15) is 22.3 Å². The van der Waals surface area contributed by atoms with Gasteiger partial charge in [0.05, 0.1) is 13.3 Å². The van der Waals surface area contributed by atoms with Gasteiger partial charge in [-0.25, -0.2) is 5.43 Å². The van der Waals surface area contributed by atoms with Crippen molar-refractivity contribution in [1.82, 2.24) is 5.43 Å². The molecule has 0 atom stereocenters. The van der Waals surface area contributed by atoms with E-state index in [2.05, 4.69) is 31.8 Å². The van der Waals surface area contributed by atoms with Gasteiger partial charge in [0.15, 0.2) is 0 Å². The summed E-state index contributed by atoms with van der Waals surface area (Å²) >= 11 is 9.53. The van der Waals surface area contributed by atoms with Crippen LogP contribution in [0.15, 0.2) is 64.2 Å². The molecular formula is C25H23BrClN3O4. The smallest absolute Gasteiger partial charge is 0.329 e. The molecular weight excluding hydrogens is 522 g/mol. The lowest BCUT2D eigenvalue weighted by atomic mass is 10.1. The Morgan fingerprint density at radius 3 is 2.35 bits per heavy atom. The van der Waals surface area contributed by atoms with Gasteiger partial charge in [-0.05, 0) is 85.1 Å². The van der Waals surface area contributed by atoms with Gasteiger partial charge in [-0.15, -0.1) is 0 Å². The number of anilines is 1. The first kappa shape index (κ1) is 25.3. The minimum absolute atomic E-state index is 0.257. The Morgan fingerprint density at radius 2 is 1.71 bits per heavy atom. The second kappa shape index (κ2) is 11.7. The summed E-state index contributed by atoms with van der Waals surface area (Å²) in [6.07, 6.45) is 1.43. The third kappa shape index (κ3) is 6.82. The zero-order valence-corrected chi connectivity index (χ0v) is 21.2. The summed E-state index contributed by atoms with van der Waals surface area (Å²) < 4.78 is 12.2. The largest absolute Gasteiger partial charge is 0.496 e. The molecule has 3 aromatic carbocycles. The molecule has 0 fully saturated rings. The maximum absolute atomic E-state index is 12.0. The lowest BCUT2D eigenvalue weighted by Crippen LogP contribution is -2.32. The average Bonchev–Trinajstić information content (AvgIpc) is 2.82. The van der Waals surface area contributed by atoms with Crippen LogP contribution >= 0.6 is 27.5 Å². The minimum Gasteiger partial charge on any atom is -0.496 e. The Hall–Kier alpha value is -3.36. The molecule has 34 heavy (non-hydrogen) atoms. The minimum atomic E-state index is -0.885. The molecule has 0 aromatic heterocycles. The number of hydrogen-bond acceptors (Lipinski definition) is 5. The van der Waals surface area contributed by atoms with Crippen molar-refractivity contribution in [3.8, 4) is 11.5 Å². The summed E-state index contributed by atoms with van der Waals surface area (Å²) in [6.45, 7) is 4.11. The van der Waals surface area contributed by atoms with Crippen molar-refractivity contribution in [3.63, 3.8) is 0 Å². The lowest BCUT2D eigenvalue weighted by Gasteiger charge is -2.13. The second-order valence-electron chi connectivity index (χ2n) is 7.39. The van der Waals surface area contributed by atoms with Crippen LogP contribution in [0, 0.1) is 13.8 Å². The zero-order chi connectivity index (χ0) is 24.7. The number of benzene rings is 3. The number of nitrogens with zero attached hydrogens (tertiary/aromatic N) is 1. The predicted molar refractivity (Wildman–Crippen MR) is 137 cm³/mol. The lowest BCUT2D eigenvalue weighted by molar-refractivity contribution is -0.136. The Labute approximate surface area is 211 Å². The highest BCUT2D eigenvalue weighted by Gasteiger charge is 2.13. The number of nitrogens with one attached hydrogen (secondary N) is 2. The van der Waals surface area contributed by atoms with Gasteiger partial charge in [0, 0.05) is 20.7 Å². The van der Waals surface area contributed by atoms with Crippen LogP contribution in [0.25, 0.3) is 0 Å². The highest BCUT2D eigenvalue weighted by Crippen LogP contribution is 2.27. The molecule has 2 amide bonds. The van der Waals surface area contributed by atoms with Crippen molar-refractivity contribution in [2.45, 2.75) is 20.5 Å². The topological polar surface area (TPSA) is 89.0 Å². The van der Waals surface area contributed by atoms with Crippen LogP contribution in [-0.2, 0) is 16.2 Å². The molecule has 0 saturated carbocycles. The number of hydrazone groups is 1. The van der Waals surface area contributed by atoms with E-state index in [1.807, 2.05) is 32.0 Å². The predicted octanol–water partition coefficient (Wildman–Crippen LogP) is 5.40. The first-order valence-corrected chi connectivity index (χ1v) is 11.4. The van der Waals surface area contributed by atoms with Gasteiger partial charge >= 0.3 is 11.8 Å². The van der Waals surface area contributed by atoms with Gasteiger partial charge in [0.1, 0.15) is 18.1 Å². The van der Waals surface area contributed by atoms with Gasteiger partial charge in [-0.2, -0.15) is 5.10 Å². The van der Waals surface area contributed by atoms with Crippen molar-refractivity contribution in [2.75, 3.05) is 12.4 Å². The number of methoxy groups -OCH3 is 1. The van der Waals surface area contributed by atoms with E-state index in [0.29, 0.717) is 22.7 Å². The van der Waals surface area contributed by atoms with Gasteiger partial charge in [0.25, 0.3) is 0 Å². The summed E-state index contributed by atoms with van der Waals surface area (Å²) in [5, 5.41) is 7.09. The molecule has 0 aliphatic rings. The summed E-state index contributed by atoms with van der Waals surface area (Å²) in [5.41, 5.74) is 6.07. The van der Waals surface area contributed by atoms with E-state index < -0.39 is 11.8 Å². The summed E-state index contributed by atoms with van der Waals surface area (Å²) in [7, 11) is 1.58. The molecule has 0 spiro atoms. The van der Waals surface area contributed by atoms with E-state index in [0.717, 1.165) is 26.2 Å². The van der Waals surface area contributed by atoms with Crippen LogP contribution in [0.3, 0.4) is 0 Å². The fourth-order valence-corrected chi connectivity index (χ4v) is 3.45. The molecule has 0 saturated heterocycles. The molecule has 0 heterocycles. The summed E-state index contributed by atoms with van der Waals surface area (Å²) in [6, 6.07) is 16.0. The molecule has 0 aliphatic heterocycles. The van der Waals surface area contributed by atoms with E-state index in [-0.39, 0.29) is 6.61 Å². The Morgan fingerprint density at radius 1 is 1.03 bits per heavy atom. The quantitative estimate of drug-likeness (QED) is 0.237. The number of halogens is 2.